The molecule has 4 heteroatoms. The van der Waals surface area contributed by atoms with Gasteiger partial charge in [-0.25, -0.2) is 0 Å². The van der Waals surface area contributed by atoms with E-state index in [1.807, 2.05) is 13.0 Å². The van der Waals surface area contributed by atoms with Crippen molar-refractivity contribution in [2.24, 2.45) is 17.3 Å². The summed E-state index contributed by atoms with van der Waals surface area (Å²) < 4.78 is 6.03. The van der Waals surface area contributed by atoms with Crippen molar-refractivity contribution in [1.82, 2.24) is 0 Å². The topological polar surface area (TPSA) is 26.3 Å². The van der Waals surface area contributed by atoms with Crippen LogP contribution in [0.1, 0.15) is 39.5 Å². The lowest BCUT2D eigenvalue weighted by atomic mass is 9.64. The van der Waals surface area contributed by atoms with E-state index in [0.29, 0.717) is 40.3 Å². The van der Waals surface area contributed by atoms with Crippen molar-refractivity contribution >= 4 is 34.1 Å². The summed E-state index contributed by atoms with van der Waals surface area (Å²) in [5.41, 5.74) is -0.223. The van der Waals surface area contributed by atoms with Gasteiger partial charge in [0, 0.05) is 17.1 Å². The lowest BCUT2D eigenvalue weighted by molar-refractivity contribution is -0.133. The Morgan fingerprint density at radius 3 is 2.95 bits per heavy atom. The third-order valence-electron chi connectivity index (χ3n) is 4.83. The van der Waals surface area contributed by atoms with Crippen molar-refractivity contribution in [3.05, 3.63) is 12.7 Å². The molecule has 0 unspecified atom stereocenters. The summed E-state index contributed by atoms with van der Waals surface area (Å²) in [6.07, 6.45) is 5.76. The summed E-state index contributed by atoms with van der Waals surface area (Å²) in [4.78, 5) is 12.4. The monoisotopic (exact) mass is 298 g/mol. The highest BCUT2D eigenvalue weighted by molar-refractivity contribution is 8.23. The van der Waals surface area contributed by atoms with Gasteiger partial charge in [-0.3, -0.25) is 4.79 Å². The smallest absolute Gasteiger partial charge is 0.220 e. The zero-order valence-electron chi connectivity index (χ0n) is 11.7. The third kappa shape index (κ3) is 2.62. The van der Waals surface area contributed by atoms with E-state index in [4.69, 9.17) is 17.0 Å². The molecule has 2 nitrogen and oxygen atoms in total. The second-order valence-electron chi connectivity index (χ2n) is 5.61. The first kappa shape index (κ1) is 15.0. The van der Waals surface area contributed by atoms with Gasteiger partial charge in [0.1, 0.15) is 5.78 Å². The molecule has 0 bridgehead atoms. The molecule has 2 rings (SSSR count). The number of ether oxygens (including phenoxy) is 1. The molecule has 2 saturated carbocycles. The second-order valence-corrected chi connectivity index (χ2v) is 7.45. The van der Waals surface area contributed by atoms with Crippen molar-refractivity contribution < 1.29 is 9.53 Å². The third-order valence-corrected chi connectivity index (χ3v) is 6.41. The lowest BCUT2D eigenvalue weighted by Crippen LogP contribution is -2.45. The number of ketones is 1. The van der Waals surface area contributed by atoms with E-state index >= 15 is 0 Å². The molecule has 0 aromatic rings. The second kappa shape index (κ2) is 5.96. The van der Waals surface area contributed by atoms with Crippen molar-refractivity contribution in [2.75, 3.05) is 6.61 Å². The number of thiocarbonyl (C=S) groups is 1. The van der Waals surface area contributed by atoms with Gasteiger partial charge >= 0.3 is 0 Å². The number of rotatable bonds is 3. The Bertz CT molecular complexity index is 394. The molecule has 0 amide bonds. The first-order valence-electron chi connectivity index (χ1n) is 7.03. The predicted octanol–water partition coefficient (Wildman–Crippen LogP) is 3.99. The maximum Gasteiger partial charge on any atom is 0.220 e. The molecule has 0 aromatic heterocycles. The number of Topliss-reactive ketones (excluding diaryl/α,β-unsaturated/α-hetero) is 1. The summed E-state index contributed by atoms with van der Waals surface area (Å²) in [5, 5.41) is 0.423. The Labute approximate surface area is 125 Å². The van der Waals surface area contributed by atoms with E-state index in [1.165, 1.54) is 0 Å². The fourth-order valence-electron chi connectivity index (χ4n) is 3.74. The highest BCUT2D eigenvalue weighted by Gasteiger charge is 2.55. The highest BCUT2D eigenvalue weighted by atomic mass is 32.2. The first-order valence-corrected chi connectivity index (χ1v) is 8.32. The molecule has 2 fully saturated rings. The van der Waals surface area contributed by atoms with Gasteiger partial charge < -0.3 is 4.74 Å². The van der Waals surface area contributed by atoms with Gasteiger partial charge in [-0.1, -0.05) is 24.8 Å². The molecule has 2 aliphatic carbocycles. The van der Waals surface area contributed by atoms with Crippen LogP contribution >= 0.6 is 24.0 Å². The van der Waals surface area contributed by atoms with Gasteiger partial charge in [0.15, 0.2) is 0 Å². The molecule has 0 N–H and O–H groups in total. The number of hydrogen-bond acceptors (Lipinski definition) is 4. The van der Waals surface area contributed by atoms with Crippen molar-refractivity contribution in [3.63, 3.8) is 0 Å². The molecule has 106 valence electrons. The predicted molar refractivity (Wildman–Crippen MR) is 84.4 cm³/mol. The fraction of sp³-hybridized carbons (Fsp3) is 0.733. The molecular weight excluding hydrogens is 276 g/mol. The van der Waals surface area contributed by atoms with Gasteiger partial charge in [0.2, 0.25) is 4.38 Å². The van der Waals surface area contributed by atoms with Gasteiger partial charge in [0.25, 0.3) is 0 Å². The average Bonchev–Trinajstić information content (AvgIpc) is 2.72. The van der Waals surface area contributed by atoms with Crippen LogP contribution in [0.15, 0.2) is 12.7 Å². The quantitative estimate of drug-likeness (QED) is 0.581. The van der Waals surface area contributed by atoms with Gasteiger partial charge in [0.05, 0.1) is 6.61 Å². The molecule has 0 aliphatic heterocycles. The molecule has 19 heavy (non-hydrogen) atoms. The highest BCUT2D eigenvalue weighted by Crippen LogP contribution is 2.56. The summed E-state index contributed by atoms with van der Waals surface area (Å²) in [7, 11) is 0. The maximum atomic E-state index is 12.4. The summed E-state index contributed by atoms with van der Waals surface area (Å²) >= 11 is 6.91. The molecule has 0 heterocycles. The molecule has 0 radical (unpaired) electrons. The van der Waals surface area contributed by atoms with Gasteiger partial charge in [-0.15, -0.1) is 6.58 Å². The number of carbonyl (C=O) groups is 1. The van der Waals surface area contributed by atoms with E-state index < -0.39 is 0 Å². The number of allylic oxidation sites excluding steroid dienone is 1. The van der Waals surface area contributed by atoms with Crippen LogP contribution in [-0.2, 0) is 9.53 Å². The molecule has 0 spiro atoms. The largest absolute Gasteiger partial charge is 0.479 e. The van der Waals surface area contributed by atoms with E-state index in [0.717, 1.165) is 19.3 Å². The van der Waals surface area contributed by atoms with Crippen LogP contribution in [0.25, 0.3) is 0 Å². The Kier molecular flexibility index (Phi) is 4.72. The molecule has 4 atom stereocenters. The normalized spacial score (nSPS) is 37.8. The SMILES string of the molecule is C=C[C@@H]1CC[C@H]2[C@H](SC(=S)OCC)CCC(=O)[C@]12C. The maximum absolute atomic E-state index is 12.4. The van der Waals surface area contributed by atoms with Crippen LogP contribution in [0.2, 0.25) is 0 Å². The van der Waals surface area contributed by atoms with E-state index in [2.05, 4.69) is 13.5 Å². The summed E-state index contributed by atoms with van der Waals surface area (Å²) in [6, 6.07) is 0. The fourth-order valence-corrected chi connectivity index (χ4v) is 5.48. The van der Waals surface area contributed by atoms with Crippen molar-refractivity contribution in [3.8, 4) is 0 Å². The minimum atomic E-state index is -0.223. The molecule has 0 aromatic carbocycles. The van der Waals surface area contributed by atoms with Crippen LogP contribution in [0, 0.1) is 17.3 Å². The average molecular weight is 298 g/mol. The van der Waals surface area contributed by atoms with Crippen molar-refractivity contribution in [1.29, 1.82) is 0 Å². The number of fused-ring (bicyclic) bond motifs is 1. The van der Waals surface area contributed by atoms with Gasteiger partial charge in [-0.2, -0.15) is 0 Å². The van der Waals surface area contributed by atoms with E-state index in [9.17, 15) is 4.79 Å². The Hall–Kier alpha value is -0.350. The Morgan fingerprint density at radius 2 is 2.32 bits per heavy atom. The molecule has 0 saturated heterocycles. The van der Waals surface area contributed by atoms with Crippen LogP contribution in [0.5, 0.6) is 0 Å². The zero-order chi connectivity index (χ0) is 14.0. The minimum Gasteiger partial charge on any atom is -0.479 e. The number of hydrogen-bond donors (Lipinski definition) is 0. The minimum absolute atomic E-state index is 0.223. The van der Waals surface area contributed by atoms with Crippen LogP contribution in [0.4, 0.5) is 0 Å². The van der Waals surface area contributed by atoms with Crippen LogP contribution in [-0.4, -0.2) is 22.0 Å². The van der Waals surface area contributed by atoms with Gasteiger partial charge in [-0.05, 0) is 50.2 Å². The zero-order valence-corrected chi connectivity index (χ0v) is 13.3. The Morgan fingerprint density at radius 1 is 1.58 bits per heavy atom. The van der Waals surface area contributed by atoms with Crippen molar-refractivity contribution in [2.45, 2.75) is 44.8 Å². The molecular formula is C15H22O2S2. The number of carbonyl (C=O) groups excluding carboxylic acids is 1. The van der Waals surface area contributed by atoms with E-state index in [-0.39, 0.29) is 5.41 Å². The number of thioether (sulfide) groups is 1. The summed E-state index contributed by atoms with van der Waals surface area (Å²) in [6.45, 7) is 8.62. The van der Waals surface area contributed by atoms with Crippen LogP contribution < -0.4 is 0 Å². The standard InChI is InChI=1S/C15H22O2S2/c1-4-10-6-7-11-12(19-14(18)17-5-2)8-9-13(16)15(10,11)3/h4,10-12H,1,5-9H2,2-3H3/t10-,11+,12-,15-/m1/s1. The van der Waals surface area contributed by atoms with E-state index in [1.54, 1.807) is 11.8 Å². The Balaban J connectivity index is 2.15. The summed E-state index contributed by atoms with van der Waals surface area (Å²) in [5.74, 6) is 1.16. The van der Waals surface area contributed by atoms with Crippen LogP contribution in [0.3, 0.4) is 0 Å². The molecule has 2 aliphatic rings. The first-order chi connectivity index (χ1) is 9.03. The lowest BCUT2D eigenvalue weighted by Gasteiger charge is -2.42.